The predicted molar refractivity (Wildman–Crippen MR) is 94.5 cm³/mol. The molecule has 3 rings (SSSR count). The van der Waals surface area contributed by atoms with Gasteiger partial charge >= 0.3 is 0 Å². The van der Waals surface area contributed by atoms with Crippen molar-refractivity contribution in [2.24, 2.45) is 0 Å². The monoisotopic (exact) mass is 317 g/mol. The zero-order valence-corrected chi connectivity index (χ0v) is 14.3. The van der Waals surface area contributed by atoms with Gasteiger partial charge in [-0.05, 0) is 50.1 Å². The molecular weight excluding hydrogens is 298 g/mol. The minimum absolute atomic E-state index is 0.381. The molecule has 1 aromatic heterocycles. The Morgan fingerprint density at radius 3 is 2.33 bits per heavy atom. The van der Waals surface area contributed by atoms with Crippen LogP contribution in [0.1, 0.15) is 22.4 Å². The van der Waals surface area contributed by atoms with E-state index in [0.717, 1.165) is 33.8 Å². The van der Waals surface area contributed by atoms with Crippen molar-refractivity contribution in [3.8, 4) is 28.8 Å². The molecule has 0 saturated carbocycles. The van der Waals surface area contributed by atoms with Crippen LogP contribution >= 0.6 is 0 Å². The molecule has 4 nitrogen and oxygen atoms in total. The summed E-state index contributed by atoms with van der Waals surface area (Å²) in [6, 6.07) is 16.2. The molecule has 120 valence electrons. The van der Waals surface area contributed by atoms with Gasteiger partial charge in [0, 0.05) is 11.6 Å². The molecular formula is C20H19N3O. The third kappa shape index (κ3) is 2.77. The molecule has 0 unspecified atom stereocenters. The highest BCUT2D eigenvalue weighted by Crippen LogP contribution is 2.35. The molecule has 0 bridgehead atoms. The fraction of sp³-hybridized carbons (Fsp3) is 0.200. The molecule has 0 spiro atoms. The smallest absolute Gasteiger partial charge is 0.163 e. The Kier molecular flexibility index (Phi) is 4.09. The summed E-state index contributed by atoms with van der Waals surface area (Å²) in [4.78, 5) is 0. The average molecular weight is 317 g/mol. The van der Waals surface area contributed by atoms with Crippen molar-refractivity contribution in [1.82, 2.24) is 9.78 Å². The number of nitriles is 1. The van der Waals surface area contributed by atoms with E-state index in [9.17, 15) is 5.26 Å². The maximum Gasteiger partial charge on any atom is 0.163 e. The second kappa shape index (κ2) is 6.21. The highest BCUT2D eigenvalue weighted by atomic mass is 16.5. The number of hydrogen-bond donors (Lipinski definition) is 0. The topological polar surface area (TPSA) is 50.8 Å². The van der Waals surface area contributed by atoms with E-state index in [0.29, 0.717) is 5.69 Å². The Balaban J connectivity index is 2.28. The number of rotatable bonds is 3. The zero-order chi connectivity index (χ0) is 17.3. The van der Waals surface area contributed by atoms with Gasteiger partial charge in [-0.1, -0.05) is 23.8 Å². The quantitative estimate of drug-likeness (QED) is 0.722. The summed E-state index contributed by atoms with van der Waals surface area (Å²) in [5.74, 6) is 0.804. The Labute approximate surface area is 141 Å². The van der Waals surface area contributed by atoms with Crippen LogP contribution in [0, 0.1) is 32.1 Å². The summed E-state index contributed by atoms with van der Waals surface area (Å²) in [5.41, 5.74) is 6.45. The third-order valence-corrected chi connectivity index (χ3v) is 4.00. The molecule has 0 aliphatic rings. The number of methoxy groups -OCH3 is 1. The fourth-order valence-corrected chi connectivity index (χ4v) is 2.93. The molecule has 0 amide bonds. The van der Waals surface area contributed by atoms with E-state index in [2.05, 4.69) is 23.3 Å². The highest BCUT2D eigenvalue weighted by molar-refractivity contribution is 5.72. The van der Waals surface area contributed by atoms with E-state index in [1.54, 1.807) is 17.9 Å². The van der Waals surface area contributed by atoms with Gasteiger partial charge in [-0.3, -0.25) is 0 Å². The van der Waals surface area contributed by atoms with E-state index >= 15 is 0 Å². The van der Waals surface area contributed by atoms with Crippen molar-refractivity contribution < 1.29 is 4.74 Å². The second-order valence-corrected chi connectivity index (χ2v) is 5.94. The molecule has 1 heterocycles. The van der Waals surface area contributed by atoms with Gasteiger partial charge < -0.3 is 4.74 Å². The lowest BCUT2D eigenvalue weighted by Gasteiger charge is -2.14. The first-order valence-electron chi connectivity index (χ1n) is 7.76. The van der Waals surface area contributed by atoms with Gasteiger partial charge in [0.05, 0.1) is 18.5 Å². The van der Waals surface area contributed by atoms with Crippen LogP contribution in [-0.4, -0.2) is 16.9 Å². The number of benzene rings is 2. The van der Waals surface area contributed by atoms with Gasteiger partial charge in [-0.15, -0.1) is 0 Å². The van der Waals surface area contributed by atoms with E-state index in [1.807, 2.05) is 45.0 Å². The predicted octanol–water partition coefficient (Wildman–Crippen LogP) is 4.34. The van der Waals surface area contributed by atoms with Crippen LogP contribution in [0.5, 0.6) is 5.75 Å². The van der Waals surface area contributed by atoms with Gasteiger partial charge in [0.25, 0.3) is 0 Å². The lowest BCUT2D eigenvalue weighted by Crippen LogP contribution is -2.01. The third-order valence-electron chi connectivity index (χ3n) is 4.00. The molecule has 2 aromatic carbocycles. The van der Waals surface area contributed by atoms with E-state index in [1.165, 1.54) is 5.56 Å². The Bertz CT molecular complexity index is 931. The number of hydrogen-bond acceptors (Lipinski definition) is 3. The first-order chi connectivity index (χ1) is 11.5. The van der Waals surface area contributed by atoms with Gasteiger partial charge in [0.15, 0.2) is 5.69 Å². The Hall–Kier alpha value is -3.06. The SMILES string of the molecule is COc1c(C)cc(C)cc1-c1cc(C#N)nn1-c1ccc(C)cc1. The summed E-state index contributed by atoms with van der Waals surface area (Å²) in [7, 11) is 1.67. The van der Waals surface area contributed by atoms with Crippen LogP contribution in [0.3, 0.4) is 0 Å². The molecule has 0 N–H and O–H groups in total. The summed E-state index contributed by atoms with van der Waals surface area (Å²) in [6.45, 7) is 6.11. The minimum atomic E-state index is 0.381. The van der Waals surface area contributed by atoms with Gasteiger partial charge in [-0.2, -0.15) is 10.4 Å². The van der Waals surface area contributed by atoms with Crippen LogP contribution in [-0.2, 0) is 0 Å². The summed E-state index contributed by atoms with van der Waals surface area (Å²) in [6.07, 6.45) is 0. The van der Waals surface area contributed by atoms with Crippen LogP contribution in [0.2, 0.25) is 0 Å². The first kappa shape index (κ1) is 15.8. The highest BCUT2D eigenvalue weighted by Gasteiger charge is 2.17. The number of nitrogens with zero attached hydrogens (tertiary/aromatic N) is 3. The molecule has 0 aliphatic carbocycles. The number of ether oxygens (including phenoxy) is 1. The van der Waals surface area contributed by atoms with E-state index < -0.39 is 0 Å². The molecule has 0 saturated heterocycles. The molecule has 0 atom stereocenters. The lowest BCUT2D eigenvalue weighted by molar-refractivity contribution is 0.413. The Morgan fingerprint density at radius 1 is 1.00 bits per heavy atom. The lowest BCUT2D eigenvalue weighted by atomic mass is 10.0. The number of aryl methyl sites for hydroxylation is 3. The molecule has 0 aliphatic heterocycles. The van der Waals surface area contributed by atoms with Crippen molar-refractivity contribution in [2.75, 3.05) is 7.11 Å². The Morgan fingerprint density at radius 2 is 1.71 bits per heavy atom. The fourth-order valence-electron chi connectivity index (χ4n) is 2.93. The molecule has 0 fully saturated rings. The van der Waals surface area contributed by atoms with Crippen LogP contribution in [0.4, 0.5) is 0 Å². The van der Waals surface area contributed by atoms with Gasteiger partial charge in [0.1, 0.15) is 11.8 Å². The maximum atomic E-state index is 9.29. The maximum absolute atomic E-state index is 9.29. The molecule has 0 radical (unpaired) electrons. The standard InChI is InChI=1S/C20H19N3O/c1-13-5-7-17(8-6-13)23-19(11-16(12-21)22-23)18-10-14(2)9-15(3)20(18)24-4/h5-11H,1-4H3. The largest absolute Gasteiger partial charge is 0.496 e. The zero-order valence-electron chi connectivity index (χ0n) is 14.3. The summed E-state index contributed by atoms with van der Waals surface area (Å²) in [5, 5.41) is 13.7. The molecule has 3 aromatic rings. The van der Waals surface area contributed by atoms with Crippen LogP contribution in [0.25, 0.3) is 16.9 Å². The first-order valence-corrected chi connectivity index (χ1v) is 7.76. The van der Waals surface area contributed by atoms with Crippen molar-refractivity contribution in [2.45, 2.75) is 20.8 Å². The number of aromatic nitrogens is 2. The minimum Gasteiger partial charge on any atom is -0.496 e. The van der Waals surface area contributed by atoms with Crippen molar-refractivity contribution in [1.29, 1.82) is 5.26 Å². The average Bonchev–Trinajstić information content (AvgIpc) is 2.99. The van der Waals surface area contributed by atoms with Gasteiger partial charge in [-0.25, -0.2) is 4.68 Å². The van der Waals surface area contributed by atoms with Crippen molar-refractivity contribution in [3.05, 3.63) is 64.8 Å². The molecule has 4 heteroatoms. The van der Waals surface area contributed by atoms with Crippen molar-refractivity contribution in [3.63, 3.8) is 0 Å². The van der Waals surface area contributed by atoms with Crippen molar-refractivity contribution >= 4 is 0 Å². The molecule has 24 heavy (non-hydrogen) atoms. The van der Waals surface area contributed by atoms with Crippen LogP contribution in [0.15, 0.2) is 42.5 Å². The second-order valence-electron chi connectivity index (χ2n) is 5.94. The van der Waals surface area contributed by atoms with E-state index in [-0.39, 0.29) is 0 Å². The summed E-state index contributed by atoms with van der Waals surface area (Å²) >= 11 is 0. The van der Waals surface area contributed by atoms with Gasteiger partial charge in [0.2, 0.25) is 0 Å². The van der Waals surface area contributed by atoms with Crippen LogP contribution < -0.4 is 4.74 Å². The normalized spacial score (nSPS) is 10.5. The summed E-state index contributed by atoms with van der Waals surface area (Å²) < 4.78 is 7.41. The van der Waals surface area contributed by atoms with E-state index in [4.69, 9.17) is 4.74 Å².